The van der Waals surface area contributed by atoms with Crippen molar-refractivity contribution in [2.75, 3.05) is 7.11 Å². The quantitative estimate of drug-likeness (QED) is 0.756. The van der Waals surface area contributed by atoms with Gasteiger partial charge in [0, 0.05) is 5.56 Å². The molecule has 0 aliphatic heterocycles. The monoisotopic (exact) mass is 360 g/mol. The van der Waals surface area contributed by atoms with E-state index in [2.05, 4.69) is 4.18 Å². The fourth-order valence-electron chi connectivity index (χ4n) is 2.05. The van der Waals surface area contributed by atoms with Gasteiger partial charge >= 0.3 is 6.18 Å². The van der Waals surface area contributed by atoms with E-state index in [-0.39, 0.29) is 10.6 Å². The lowest BCUT2D eigenvalue weighted by molar-refractivity contribution is -0.197. The van der Waals surface area contributed by atoms with Crippen LogP contribution in [0.5, 0.6) is 5.75 Å². The van der Waals surface area contributed by atoms with Gasteiger partial charge in [-0.1, -0.05) is 35.9 Å². The summed E-state index contributed by atoms with van der Waals surface area (Å²) in [7, 11) is -3.41. The van der Waals surface area contributed by atoms with Crippen LogP contribution < -0.4 is 4.74 Å². The smallest absolute Gasteiger partial charge is 0.420 e. The van der Waals surface area contributed by atoms with E-state index in [0.717, 1.165) is 11.6 Å². The lowest BCUT2D eigenvalue weighted by Gasteiger charge is -2.22. The maximum Gasteiger partial charge on any atom is 0.420 e. The second-order valence-electron chi connectivity index (χ2n) is 5.03. The summed E-state index contributed by atoms with van der Waals surface area (Å²) in [6.45, 7) is 1.73. The van der Waals surface area contributed by atoms with Gasteiger partial charge in [0.05, 0.1) is 12.0 Å². The standard InChI is InChI=1S/C16H15F3O4S/c1-11-7-9-12(10-8-11)24(20,21)23-15(16(17,18)19)13-5-3-4-6-14(13)22-2/h3-10,15H,1-2H3/t15-/m0/s1. The van der Waals surface area contributed by atoms with Crippen LogP contribution in [0.15, 0.2) is 53.4 Å². The van der Waals surface area contributed by atoms with E-state index in [1.54, 1.807) is 6.92 Å². The second-order valence-corrected chi connectivity index (χ2v) is 6.60. The number of methoxy groups -OCH3 is 1. The molecule has 130 valence electrons. The summed E-state index contributed by atoms with van der Waals surface area (Å²) in [5.74, 6) is -0.112. The van der Waals surface area contributed by atoms with Gasteiger partial charge < -0.3 is 4.74 Å². The van der Waals surface area contributed by atoms with Crippen molar-refractivity contribution < 1.29 is 30.5 Å². The topological polar surface area (TPSA) is 52.6 Å². The average molecular weight is 360 g/mol. The van der Waals surface area contributed by atoms with Crippen LogP contribution in [0.4, 0.5) is 13.2 Å². The maximum atomic E-state index is 13.4. The summed E-state index contributed by atoms with van der Waals surface area (Å²) in [4.78, 5) is -0.350. The number of para-hydroxylation sites is 1. The van der Waals surface area contributed by atoms with Gasteiger partial charge in [-0.2, -0.15) is 21.6 Å². The summed E-state index contributed by atoms with van der Waals surface area (Å²) in [5, 5.41) is 0. The third-order valence-corrected chi connectivity index (χ3v) is 4.55. The largest absolute Gasteiger partial charge is 0.496 e. The maximum absolute atomic E-state index is 13.4. The second kappa shape index (κ2) is 6.82. The van der Waals surface area contributed by atoms with Crippen molar-refractivity contribution in [2.24, 2.45) is 0 Å². The number of halogens is 3. The fraction of sp³-hybridized carbons (Fsp3) is 0.250. The van der Waals surface area contributed by atoms with Gasteiger partial charge in [0.1, 0.15) is 5.75 Å². The Morgan fingerprint density at radius 1 is 1.00 bits per heavy atom. The molecule has 2 aromatic rings. The van der Waals surface area contributed by atoms with Gasteiger partial charge in [-0.15, -0.1) is 0 Å². The molecule has 0 aromatic heterocycles. The van der Waals surface area contributed by atoms with Crippen LogP contribution in [0.25, 0.3) is 0 Å². The molecule has 0 heterocycles. The molecular weight excluding hydrogens is 345 g/mol. The van der Waals surface area contributed by atoms with Crippen molar-refractivity contribution in [1.82, 2.24) is 0 Å². The summed E-state index contributed by atoms with van der Waals surface area (Å²) >= 11 is 0. The first-order valence-electron chi connectivity index (χ1n) is 6.85. The zero-order chi connectivity index (χ0) is 18.0. The zero-order valence-electron chi connectivity index (χ0n) is 12.9. The highest BCUT2D eigenvalue weighted by Gasteiger charge is 2.46. The minimum absolute atomic E-state index is 0.112. The number of alkyl halides is 3. The summed E-state index contributed by atoms with van der Waals surface area (Å²) < 4.78 is 74.0. The van der Waals surface area contributed by atoms with Crippen LogP contribution in [-0.2, 0) is 14.3 Å². The van der Waals surface area contributed by atoms with E-state index >= 15 is 0 Å². The highest BCUT2D eigenvalue weighted by molar-refractivity contribution is 7.86. The molecule has 0 saturated heterocycles. The van der Waals surface area contributed by atoms with Gasteiger partial charge in [0.15, 0.2) is 0 Å². The predicted octanol–water partition coefficient (Wildman–Crippen LogP) is 4.01. The van der Waals surface area contributed by atoms with Gasteiger partial charge in [-0.05, 0) is 25.1 Å². The molecule has 2 aromatic carbocycles. The first-order valence-corrected chi connectivity index (χ1v) is 8.25. The highest BCUT2D eigenvalue weighted by Crippen LogP contribution is 2.41. The molecule has 0 saturated carbocycles. The average Bonchev–Trinajstić information content (AvgIpc) is 2.52. The molecule has 0 unspecified atom stereocenters. The first-order chi connectivity index (χ1) is 11.1. The number of benzene rings is 2. The lowest BCUT2D eigenvalue weighted by Crippen LogP contribution is -2.26. The number of hydrogen-bond acceptors (Lipinski definition) is 4. The fourth-order valence-corrected chi connectivity index (χ4v) is 3.10. The molecule has 0 aliphatic rings. The van der Waals surface area contributed by atoms with Crippen molar-refractivity contribution in [2.45, 2.75) is 24.1 Å². The molecule has 2 rings (SSSR count). The third kappa shape index (κ3) is 4.07. The van der Waals surface area contributed by atoms with Crippen molar-refractivity contribution in [1.29, 1.82) is 0 Å². The van der Waals surface area contributed by atoms with Crippen molar-refractivity contribution >= 4 is 10.1 Å². The Morgan fingerprint density at radius 3 is 2.12 bits per heavy atom. The normalized spacial score (nSPS) is 13.5. The highest BCUT2D eigenvalue weighted by atomic mass is 32.2. The Morgan fingerprint density at radius 2 is 1.58 bits per heavy atom. The van der Waals surface area contributed by atoms with Crippen LogP contribution in [0.1, 0.15) is 17.2 Å². The minimum atomic E-state index is -4.94. The van der Waals surface area contributed by atoms with Crippen molar-refractivity contribution in [3.05, 3.63) is 59.7 Å². The number of rotatable bonds is 5. The van der Waals surface area contributed by atoms with Gasteiger partial charge in [0.2, 0.25) is 6.10 Å². The third-order valence-electron chi connectivity index (χ3n) is 3.25. The Labute approximate surface area is 138 Å². The Balaban J connectivity index is 2.45. The van der Waals surface area contributed by atoms with Crippen molar-refractivity contribution in [3.8, 4) is 5.75 Å². The number of ether oxygens (including phenoxy) is 1. The van der Waals surface area contributed by atoms with E-state index in [4.69, 9.17) is 4.74 Å². The lowest BCUT2D eigenvalue weighted by atomic mass is 10.1. The van der Waals surface area contributed by atoms with Crippen LogP contribution >= 0.6 is 0 Å². The SMILES string of the molecule is COc1ccccc1[C@H](OS(=O)(=O)c1ccc(C)cc1)C(F)(F)F. The van der Waals surface area contributed by atoms with Crippen LogP contribution in [0, 0.1) is 6.92 Å². The van der Waals surface area contributed by atoms with E-state index < -0.39 is 28.0 Å². The molecule has 8 heteroatoms. The van der Waals surface area contributed by atoms with Crippen LogP contribution in [0.3, 0.4) is 0 Å². The van der Waals surface area contributed by atoms with E-state index in [1.807, 2.05) is 0 Å². The zero-order valence-corrected chi connectivity index (χ0v) is 13.7. The van der Waals surface area contributed by atoms with E-state index in [9.17, 15) is 21.6 Å². The molecule has 0 N–H and O–H groups in total. The first kappa shape index (κ1) is 18.3. The molecule has 1 atom stereocenters. The Hall–Kier alpha value is -2.06. The molecule has 0 fully saturated rings. The molecule has 24 heavy (non-hydrogen) atoms. The molecule has 0 spiro atoms. The molecular formula is C16H15F3O4S. The van der Waals surface area contributed by atoms with Gasteiger partial charge in [-0.3, -0.25) is 0 Å². The van der Waals surface area contributed by atoms with E-state index in [0.29, 0.717) is 0 Å². The Kier molecular flexibility index (Phi) is 5.19. The molecule has 4 nitrogen and oxygen atoms in total. The molecule has 0 amide bonds. The Bertz CT molecular complexity index is 799. The number of aryl methyl sites for hydroxylation is 1. The summed E-state index contributed by atoms with van der Waals surface area (Å²) in [6, 6.07) is 10.6. The van der Waals surface area contributed by atoms with Gasteiger partial charge in [0.25, 0.3) is 10.1 Å². The van der Waals surface area contributed by atoms with Crippen LogP contribution in [0.2, 0.25) is 0 Å². The molecule has 0 radical (unpaired) electrons. The molecule has 0 aliphatic carbocycles. The summed E-state index contributed by atoms with van der Waals surface area (Å²) in [6.07, 6.45) is -7.60. The van der Waals surface area contributed by atoms with Crippen LogP contribution in [-0.4, -0.2) is 21.7 Å². The van der Waals surface area contributed by atoms with E-state index in [1.165, 1.54) is 49.6 Å². The summed E-state index contributed by atoms with van der Waals surface area (Å²) in [5.41, 5.74) is 0.356. The minimum Gasteiger partial charge on any atom is -0.496 e. The van der Waals surface area contributed by atoms with Gasteiger partial charge in [-0.25, -0.2) is 4.18 Å². The number of hydrogen-bond donors (Lipinski definition) is 0. The molecule has 0 bridgehead atoms. The van der Waals surface area contributed by atoms with Crippen molar-refractivity contribution in [3.63, 3.8) is 0 Å². The predicted molar refractivity (Wildman–Crippen MR) is 81.2 cm³/mol.